The third-order valence-corrected chi connectivity index (χ3v) is 4.60. The predicted octanol–water partition coefficient (Wildman–Crippen LogP) is 2.67. The number of carbonyl (C=O) groups excluding carboxylic acids is 1. The molecule has 1 amide bonds. The van der Waals surface area contributed by atoms with Gasteiger partial charge in [0.25, 0.3) is 12.4 Å². The van der Waals surface area contributed by atoms with Crippen LogP contribution in [0, 0.1) is 5.92 Å². The third kappa shape index (κ3) is 9.19. The molecule has 1 aromatic rings. The van der Waals surface area contributed by atoms with Crippen LogP contribution in [0.2, 0.25) is 0 Å². The molecule has 0 saturated carbocycles. The van der Waals surface area contributed by atoms with E-state index in [2.05, 4.69) is 37.8 Å². The van der Waals surface area contributed by atoms with Crippen molar-refractivity contribution in [1.29, 1.82) is 0 Å². The zero-order valence-corrected chi connectivity index (χ0v) is 17.2. The molecule has 2 atom stereocenters. The van der Waals surface area contributed by atoms with Crippen molar-refractivity contribution >= 4 is 12.4 Å². The molecule has 28 heavy (non-hydrogen) atoms. The highest BCUT2D eigenvalue weighted by atomic mass is 16.5. The second-order valence-corrected chi connectivity index (χ2v) is 7.38. The SMILES string of the molecule is CCCC[C@@H]1CN(Cc2ccc(OCC(N)=O)cc2)C[C@H](C(C)C)O1.O=CO. The van der Waals surface area contributed by atoms with E-state index in [-0.39, 0.29) is 13.1 Å². The number of unbranched alkanes of at least 4 members (excludes halogenated alkanes) is 1. The normalized spacial score (nSPS) is 19.6. The first-order valence-electron chi connectivity index (χ1n) is 9.85. The van der Waals surface area contributed by atoms with Crippen LogP contribution in [0.1, 0.15) is 45.6 Å². The molecular formula is C21H34N2O5. The lowest BCUT2D eigenvalue weighted by atomic mass is 10.0. The number of nitrogens with zero attached hydrogens (tertiary/aromatic N) is 1. The van der Waals surface area contributed by atoms with Crippen LogP contribution in [0.3, 0.4) is 0 Å². The maximum absolute atomic E-state index is 10.8. The van der Waals surface area contributed by atoms with Crippen molar-refractivity contribution in [2.75, 3.05) is 19.7 Å². The molecule has 0 aliphatic carbocycles. The van der Waals surface area contributed by atoms with Crippen molar-refractivity contribution < 1.29 is 24.2 Å². The Morgan fingerprint density at radius 2 is 2.00 bits per heavy atom. The maximum Gasteiger partial charge on any atom is 0.290 e. The molecule has 0 radical (unpaired) electrons. The van der Waals surface area contributed by atoms with E-state index in [1.165, 1.54) is 18.4 Å². The Morgan fingerprint density at radius 1 is 1.36 bits per heavy atom. The Labute approximate surface area is 167 Å². The Morgan fingerprint density at radius 3 is 2.54 bits per heavy atom. The first kappa shape index (κ1) is 23.9. The predicted molar refractivity (Wildman–Crippen MR) is 108 cm³/mol. The molecule has 2 rings (SSSR count). The fourth-order valence-corrected chi connectivity index (χ4v) is 3.14. The van der Waals surface area contributed by atoms with Crippen LogP contribution in [0.25, 0.3) is 0 Å². The van der Waals surface area contributed by atoms with E-state index in [9.17, 15) is 4.79 Å². The first-order chi connectivity index (χ1) is 13.4. The number of benzene rings is 1. The molecule has 1 heterocycles. The number of hydrogen-bond donors (Lipinski definition) is 2. The van der Waals surface area contributed by atoms with Gasteiger partial charge < -0.3 is 20.3 Å². The largest absolute Gasteiger partial charge is 0.484 e. The zero-order valence-electron chi connectivity index (χ0n) is 17.2. The number of carbonyl (C=O) groups is 2. The van der Waals surface area contributed by atoms with Crippen molar-refractivity contribution in [2.45, 2.75) is 58.8 Å². The molecule has 1 aliphatic heterocycles. The van der Waals surface area contributed by atoms with Gasteiger partial charge in [-0.15, -0.1) is 0 Å². The summed E-state index contributed by atoms with van der Waals surface area (Å²) in [6, 6.07) is 7.90. The Kier molecular flexibility index (Phi) is 11.2. The van der Waals surface area contributed by atoms with Gasteiger partial charge in [-0.05, 0) is 30.0 Å². The van der Waals surface area contributed by atoms with Gasteiger partial charge in [-0.25, -0.2) is 0 Å². The minimum Gasteiger partial charge on any atom is -0.484 e. The third-order valence-electron chi connectivity index (χ3n) is 4.60. The molecule has 0 spiro atoms. The highest BCUT2D eigenvalue weighted by Gasteiger charge is 2.29. The quantitative estimate of drug-likeness (QED) is 0.624. The van der Waals surface area contributed by atoms with Crippen LogP contribution in [-0.2, 0) is 20.9 Å². The molecule has 1 saturated heterocycles. The van der Waals surface area contributed by atoms with E-state index in [0.29, 0.717) is 23.9 Å². The molecule has 7 heteroatoms. The fourth-order valence-electron chi connectivity index (χ4n) is 3.14. The molecule has 1 aromatic carbocycles. The summed E-state index contributed by atoms with van der Waals surface area (Å²) < 4.78 is 11.6. The minimum atomic E-state index is -0.463. The molecule has 7 nitrogen and oxygen atoms in total. The van der Waals surface area contributed by atoms with E-state index < -0.39 is 5.91 Å². The van der Waals surface area contributed by atoms with E-state index in [1.54, 1.807) is 0 Å². The van der Waals surface area contributed by atoms with Crippen LogP contribution in [0.15, 0.2) is 24.3 Å². The lowest BCUT2D eigenvalue weighted by Gasteiger charge is -2.40. The number of rotatable bonds is 9. The van der Waals surface area contributed by atoms with E-state index in [1.807, 2.05) is 12.1 Å². The van der Waals surface area contributed by atoms with Crippen LogP contribution >= 0.6 is 0 Å². The molecule has 0 unspecified atom stereocenters. The van der Waals surface area contributed by atoms with Gasteiger partial charge in [0.05, 0.1) is 12.2 Å². The Balaban J connectivity index is 0.00000122. The topological polar surface area (TPSA) is 102 Å². The van der Waals surface area contributed by atoms with Crippen LogP contribution in [-0.4, -0.2) is 54.3 Å². The summed E-state index contributed by atoms with van der Waals surface area (Å²) in [6.45, 7) is 9.22. The van der Waals surface area contributed by atoms with E-state index in [0.717, 1.165) is 26.1 Å². The Bertz CT molecular complexity index is 577. The lowest BCUT2D eigenvalue weighted by molar-refractivity contribution is -0.123. The molecule has 1 fully saturated rings. The van der Waals surface area contributed by atoms with Gasteiger partial charge in [0.1, 0.15) is 5.75 Å². The minimum absolute atomic E-state index is 0.0853. The van der Waals surface area contributed by atoms with Crippen LogP contribution < -0.4 is 10.5 Å². The second-order valence-electron chi connectivity index (χ2n) is 7.38. The van der Waals surface area contributed by atoms with Gasteiger partial charge in [-0.3, -0.25) is 14.5 Å². The number of carboxylic acid groups (broad SMARTS) is 1. The summed E-state index contributed by atoms with van der Waals surface area (Å²) in [5, 5.41) is 6.89. The molecule has 0 bridgehead atoms. The van der Waals surface area contributed by atoms with Crippen molar-refractivity contribution in [2.24, 2.45) is 11.7 Å². The molecular weight excluding hydrogens is 360 g/mol. The second kappa shape index (κ2) is 13.1. The van der Waals surface area contributed by atoms with Crippen LogP contribution in [0.5, 0.6) is 5.75 Å². The molecule has 0 aromatic heterocycles. The number of amides is 1. The van der Waals surface area contributed by atoms with Gasteiger partial charge >= 0.3 is 0 Å². The smallest absolute Gasteiger partial charge is 0.290 e. The summed E-state index contributed by atoms with van der Waals surface area (Å²) in [4.78, 5) is 21.6. The summed E-state index contributed by atoms with van der Waals surface area (Å²) in [7, 11) is 0. The van der Waals surface area contributed by atoms with Gasteiger partial charge in [0.15, 0.2) is 6.61 Å². The lowest BCUT2D eigenvalue weighted by Crippen LogP contribution is -2.48. The van der Waals surface area contributed by atoms with Gasteiger partial charge in [-0.1, -0.05) is 45.7 Å². The highest BCUT2D eigenvalue weighted by Crippen LogP contribution is 2.23. The average molecular weight is 395 g/mol. The van der Waals surface area contributed by atoms with E-state index in [4.69, 9.17) is 25.1 Å². The monoisotopic (exact) mass is 394 g/mol. The average Bonchev–Trinajstić information content (AvgIpc) is 2.66. The fraction of sp³-hybridized carbons (Fsp3) is 0.619. The zero-order chi connectivity index (χ0) is 20.9. The maximum atomic E-state index is 10.8. The van der Waals surface area contributed by atoms with E-state index >= 15 is 0 Å². The van der Waals surface area contributed by atoms with Gasteiger partial charge in [0, 0.05) is 19.6 Å². The van der Waals surface area contributed by atoms with Crippen molar-refractivity contribution in [3.8, 4) is 5.75 Å². The number of morpholine rings is 1. The van der Waals surface area contributed by atoms with Gasteiger partial charge in [0.2, 0.25) is 0 Å². The first-order valence-corrected chi connectivity index (χ1v) is 9.85. The van der Waals surface area contributed by atoms with Crippen molar-refractivity contribution in [3.63, 3.8) is 0 Å². The standard InChI is InChI=1S/C20H32N2O3.CH2O2/c1-4-5-6-18-12-22(13-19(25-18)15(2)3)11-16-7-9-17(10-8-16)24-14-20(21)23;2-1-3/h7-10,15,18-19H,4-6,11-14H2,1-3H3,(H2,21,23);1H,(H,2,3)/t18-,19-;/m1./s1. The highest BCUT2D eigenvalue weighted by molar-refractivity contribution is 5.75. The number of primary amides is 1. The summed E-state index contributed by atoms with van der Waals surface area (Å²) in [5.74, 6) is 0.733. The summed E-state index contributed by atoms with van der Waals surface area (Å²) in [5.41, 5.74) is 6.34. The molecule has 158 valence electrons. The number of nitrogens with two attached hydrogens (primary N) is 1. The van der Waals surface area contributed by atoms with Crippen LogP contribution in [0.4, 0.5) is 0 Å². The number of ether oxygens (including phenoxy) is 2. The van der Waals surface area contributed by atoms with Crippen molar-refractivity contribution in [1.82, 2.24) is 4.90 Å². The summed E-state index contributed by atoms with van der Waals surface area (Å²) >= 11 is 0. The molecule has 3 N–H and O–H groups in total. The number of hydrogen-bond acceptors (Lipinski definition) is 5. The van der Waals surface area contributed by atoms with Gasteiger partial charge in [-0.2, -0.15) is 0 Å². The Hall–Kier alpha value is -2.12. The van der Waals surface area contributed by atoms with Crippen molar-refractivity contribution in [3.05, 3.63) is 29.8 Å². The molecule has 1 aliphatic rings. The summed E-state index contributed by atoms with van der Waals surface area (Å²) in [6.07, 6.45) is 4.19.